The molecule has 28 heavy (non-hydrogen) atoms. The zero-order chi connectivity index (χ0) is 20.8. The number of carbonyl (C=O) groups is 2. The summed E-state index contributed by atoms with van der Waals surface area (Å²) in [5.41, 5.74) is 1.33. The Labute approximate surface area is 164 Å². The Hall–Kier alpha value is -1.48. The summed E-state index contributed by atoms with van der Waals surface area (Å²) >= 11 is 0. The van der Waals surface area contributed by atoms with Gasteiger partial charge in [0.2, 0.25) is 0 Å². The van der Waals surface area contributed by atoms with Crippen LogP contribution in [-0.4, -0.2) is 65.6 Å². The smallest absolute Gasteiger partial charge is 0.303 e. The normalized spacial score (nSPS) is 41.5. The molecule has 3 aliphatic rings. The first-order valence-corrected chi connectivity index (χ1v) is 9.68. The van der Waals surface area contributed by atoms with Gasteiger partial charge in [0.1, 0.15) is 24.9 Å². The van der Waals surface area contributed by atoms with E-state index >= 15 is 0 Å². The number of allylic oxidation sites excluding steroid dienone is 1. The second-order valence-electron chi connectivity index (χ2n) is 8.59. The van der Waals surface area contributed by atoms with Crippen LogP contribution in [0.2, 0.25) is 0 Å². The van der Waals surface area contributed by atoms with Crippen molar-refractivity contribution in [1.82, 2.24) is 0 Å². The van der Waals surface area contributed by atoms with Gasteiger partial charge >= 0.3 is 11.9 Å². The predicted octanol–water partition coefficient (Wildman–Crippen LogP) is 0.935. The van der Waals surface area contributed by atoms with Gasteiger partial charge in [-0.05, 0) is 24.7 Å². The summed E-state index contributed by atoms with van der Waals surface area (Å²) < 4.78 is 22.2. The van der Waals surface area contributed by atoms with Gasteiger partial charge in [-0.3, -0.25) is 9.59 Å². The molecule has 0 aromatic carbocycles. The molecule has 2 bridgehead atoms. The Morgan fingerprint density at radius 2 is 1.86 bits per heavy atom. The van der Waals surface area contributed by atoms with Crippen LogP contribution in [0.25, 0.3) is 0 Å². The van der Waals surface area contributed by atoms with Crippen molar-refractivity contribution in [2.24, 2.45) is 17.3 Å². The van der Waals surface area contributed by atoms with Crippen LogP contribution in [0.5, 0.6) is 0 Å². The van der Waals surface area contributed by atoms with Gasteiger partial charge in [-0.25, -0.2) is 0 Å². The van der Waals surface area contributed by atoms with Crippen LogP contribution < -0.4 is 0 Å². The number of hydrogen-bond donors (Lipinski definition) is 2. The Bertz CT molecular complexity index is 655. The lowest BCUT2D eigenvalue weighted by Gasteiger charge is -2.62. The van der Waals surface area contributed by atoms with Gasteiger partial charge in [0.25, 0.3) is 0 Å². The van der Waals surface area contributed by atoms with Crippen LogP contribution in [0.15, 0.2) is 11.6 Å². The summed E-state index contributed by atoms with van der Waals surface area (Å²) in [6.07, 6.45) is -3.08. The molecule has 0 aromatic rings. The van der Waals surface area contributed by atoms with Crippen LogP contribution in [-0.2, 0) is 28.5 Å². The molecule has 0 amide bonds. The van der Waals surface area contributed by atoms with Crippen LogP contribution in [0.3, 0.4) is 0 Å². The Morgan fingerprint density at radius 1 is 1.18 bits per heavy atom. The number of hydrogen-bond acceptors (Lipinski definition) is 8. The molecule has 2 N–H and O–H groups in total. The molecule has 3 rings (SSSR count). The second-order valence-corrected chi connectivity index (χ2v) is 8.59. The van der Waals surface area contributed by atoms with Gasteiger partial charge in [-0.2, -0.15) is 0 Å². The Kier molecular flexibility index (Phi) is 5.87. The maximum atomic E-state index is 11.5. The highest BCUT2D eigenvalue weighted by Gasteiger charge is 2.61. The van der Waals surface area contributed by atoms with E-state index in [1.165, 1.54) is 19.4 Å². The topological polar surface area (TPSA) is 112 Å². The number of aliphatic hydroxyl groups is 2. The lowest BCUT2D eigenvalue weighted by Crippen LogP contribution is -2.66. The quantitative estimate of drug-likeness (QED) is 0.520. The molecule has 158 valence electrons. The molecular formula is C20H30O8. The predicted molar refractivity (Wildman–Crippen MR) is 96.9 cm³/mol. The minimum Gasteiger partial charge on any atom is -0.463 e. The third-order valence-corrected chi connectivity index (χ3v) is 6.36. The number of ether oxygens (including phenoxy) is 4. The summed E-state index contributed by atoms with van der Waals surface area (Å²) in [5, 5.41) is 20.8. The molecular weight excluding hydrogens is 368 g/mol. The third kappa shape index (κ3) is 3.70. The average Bonchev–Trinajstić information content (AvgIpc) is 2.59. The van der Waals surface area contributed by atoms with Gasteiger partial charge in [0.15, 0.2) is 12.4 Å². The molecule has 2 aliphatic carbocycles. The van der Waals surface area contributed by atoms with Crippen molar-refractivity contribution in [3.63, 3.8) is 0 Å². The van der Waals surface area contributed by atoms with Crippen molar-refractivity contribution in [3.8, 4) is 0 Å². The van der Waals surface area contributed by atoms with E-state index in [-0.39, 0.29) is 30.0 Å². The van der Waals surface area contributed by atoms with Gasteiger partial charge in [-0.1, -0.05) is 25.5 Å². The van der Waals surface area contributed by atoms with Gasteiger partial charge < -0.3 is 29.2 Å². The zero-order valence-corrected chi connectivity index (χ0v) is 17.0. The summed E-state index contributed by atoms with van der Waals surface area (Å²) in [6.45, 7) is 8.70. The Balaban J connectivity index is 1.78. The van der Waals surface area contributed by atoms with Crippen LogP contribution >= 0.6 is 0 Å². The third-order valence-electron chi connectivity index (χ3n) is 6.36. The average molecular weight is 398 g/mol. The summed E-state index contributed by atoms with van der Waals surface area (Å²) in [6, 6.07) is 0. The number of aliphatic hydroxyl groups excluding tert-OH is 2. The molecule has 2 fully saturated rings. The Morgan fingerprint density at radius 3 is 2.39 bits per heavy atom. The lowest BCUT2D eigenvalue weighted by atomic mass is 9.47. The van der Waals surface area contributed by atoms with E-state index in [1.54, 1.807) is 0 Å². The van der Waals surface area contributed by atoms with Crippen molar-refractivity contribution in [2.45, 2.75) is 77.8 Å². The van der Waals surface area contributed by atoms with Crippen molar-refractivity contribution >= 4 is 11.9 Å². The van der Waals surface area contributed by atoms with E-state index in [0.717, 1.165) is 6.42 Å². The summed E-state index contributed by atoms with van der Waals surface area (Å²) in [4.78, 5) is 22.6. The van der Waals surface area contributed by atoms with E-state index in [9.17, 15) is 19.8 Å². The first kappa shape index (κ1) is 21.2. The first-order valence-electron chi connectivity index (χ1n) is 9.68. The van der Waals surface area contributed by atoms with E-state index in [4.69, 9.17) is 18.9 Å². The molecule has 0 radical (unpaired) electrons. The summed E-state index contributed by atoms with van der Waals surface area (Å²) in [5.74, 6) is -0.666. The first-order chi connectivity index (χ1) is 13.0. The molecule has 2 unspecified atom stereocenters. The zero-order valence-electron chi connectivity index (χ0n) is 17.0. The number of carbonyl (C=O) groups excluding carboxylic acids is 2. The highest BCUT2D eigenvalue weighted by Crippen LogP contribution is 2.60. The van der Waals surface area contributed by atoms with Crippen molar-refractivity contribution in [3.05, 3.63) is 11.6 Å². The van der Waals surface area contributed by atoms with E-state index in [1.807, 2.05) is 0 Å². The number of fused-ring (bicyclic) bond motifs is 2. The second kappa shape index (κ2) is 7.74. The number of rotatable bonds is 5. The standard InChI is InChI=1S/C20H30O8/c1-9-6-7-12-17(14(9)20(12,4)5)28-19-18(26-11(3)22)16(24)15(23)13(27-19)8-25-10(2)21/h6,12-19,23-24H,7-8H2,1-5H3/t12?,13-,14?,15-,16+,17+,18-,19+/m1/s1. The minimum atomic E-state index is -1.42. The fourth-order valence-electron chi connectivity index (χ4n) is 4.91. The molecule has 8 atom stereocenters. The minimum absolute atomic E-state index is 0.0877. The molecule has 1 saturated heterocycles. The largest absolute Gasteiger partial charge is 0.463 e. The number of esters is 2. The SMILES string of the molecule is CC(=O)OC[C@H]1O[C@@H](O[C@H]2C3CC=C(C)C2C3(C)C)[C@H](OC(C)=O)[C@@H](O)[C@@H]1O. The van der Waals surface area contributed by atoms with Crippen LogP contribution in [0.1, 0.15) is 41.0 Å². The van der Waals surface area contributed by atoms with Crippen molar-refractivity contribution in [1.29, 1.82) is 0 Å². The lowest BCUT2D eigenvalue weighted by molar-refractivity contribution is -0.340. The maximum Gasteiger partial charge on any atom is 0.303 e. The molecule has 1 aliphatic heterocycles. The molecule has 1 heterocycles. The van der Waals surface area contributed by atoms with Crippen molar-refractivity contribution in [2.75, 3.05) is 6.61 Å². The fraction of sp³-hybridized carbons (Fsp3) is 0.800. The van der Waals surface area contributed by atoms with Crippen molar-refractivity contribution < 1.29 is 38.7 Å². The summed E-state index contributed by atoms with van der Waals surface area (Å²) in [7, 11) is 0. The van der Waals surface area contributed by atoms with Crippen LogP contribution in [0.4, 0.5) is 0 Å². The monoisotopic (exact) mass is 398 g/mol. The molecule has 8 heteroatoms. The maximum absolute atomic E-state index is 11.5. The van der Waals surface area contributed by atoms with Gasteiger partial charge in [0.05, 0.1) is 6.10 Å². The van der Waals surface area contributed by atoms with E-state index in [2.05, 4.69) is 26.8 Å². The van der Waals surface area contributed by atoms with E-state index < -0.39 is 42.6 Å². The molecule has 0 spiro atoms. The van der Waals surface area contributed by atoms with Gasteiger partial charge in [-0.15, -0.1) is 0 Å². The fourth-order valence-corrected chi connectivity index (χ4v) is 4.91. The molecule has 0 aromatic heterocycles. The highest BCUT2D eigenvalue weighted by atomic mass is 16.7. The molecule has 1 saturated carbocycles. The van der Waals surface area contributed by atoms with E-state index in [0.29, 0.717) is 0 Å². The highest BCUT2D eigenvalue weighted by molar-refractivity contribution is 5.66. The molecule has 8 nitrogen and oxygen atoms in total. The van der Waals surface area contributed by atoms with Crippen LogP contribution in [0, 0.1) is 17.3 Å². The van der Waals surface area contributed by atoms with Gasteiger partial charge in [0, 0.05) is 19.8 Å².